The number of aromatic hydroxyl groups is 1. The van der Waals surface area contributed by atoms with Crippen molar-refractivity contribution in [3.05, 3.63) is 29.8 Å². The molecule has 1 aromatic rings. The summed E-state index contributed by atoms with van der Waals surface area (Å²) in [4.78, 5) is 2.58. The lowest BCUT2D eigenvalue weighted by atomic mass is 10.0. The summed E-state index contributed by atoms with van der Waals surface area (Å²) in [5.74, 6) is 1.12. The normalized spacial score (nSPS) is 14.6. The number of benzene rings is 1. The summed E-state index contributed by atoms with van der Waals surface area (Å²) in [6.07, 6.45) is 3.51. The third-order valence-corrected chi connectivity index (χ3v) is 4.06. The Bertz CT molecular complexity index is 347. The fraction of sp³-hybridized carbons (Fsp3) is 0.647. The third-order valence-electron chi connectivity index (χ3n) is 4.06. The van der Waals surface area contributed by atoms with Gasteiger partial charge in [-0.05, 0) is 49.9 Å². The molecule has 2 heteroatoms. The van der Waals surface area contributed by atoms with Gasteiger partial charge in [0.15, 0.2) is 0 Å². The molecule has 0 spiro atoms. The molecule has 0 bridgehead atoms. The van der Waals surface area contributed by atoms with Gasteiger partial charge in [-0.15, -0.1) is 0 Å². The maximum atomic E-state index is 9.28. The minimum absolute atomic E-state index is 0.351. The summed E-state index contributed by atoms with van der Waals surface area (Å²) >= 11 is 0. The van der Waals surface area contributed by atoms with Crippen LogP contribution in [0.25, 0.3) is 0 Å². The quantitative estimate of drug-likeness (QED) is 0.764. The molecule has 1 aromatic carbocycles. The molecule has 2 atom stereocenters. The Morgan fingerprint density at radius 2 is 1.74 bits per heavy atom. The first-order chi connectivity index (χ1) is 9.06. The van der Waals surface area contributed by atoms with Crippen molar-refractivity contribution >= 4 is 0 Å². The van der Waals surface area contributed by atoms with Crippen molar-refractivity contribution in [2.75, 3.05) is 13.1 Å². The Kier molecular flexibility index (Phi) is 6.93. The Labute approximate surface area is 118 Å². The number of rotatable bonds is 8. The van der Waals surface area contributed by atoms with Crippen molar-refractivity contribution in [2.45, 2.75) is 53.0 Å². The van der Waals surface area contributed by atoms with Gasteiger partial charge in [0, 0.05) is 12.6 Å². The molecule has 0 aliphatic heterocycles. The van der Waals surface area contributed by atoms with Crippen LogP contribution in [0.4, 0.5) is 0 Å². The van der Waals surface area contributed by atoms with E-state index in [-0.39, 0.29) is 0 Å². The molecule has 1 N–H and O–H groups in total. The van der Waals surface area contributed by atoms with E-state index < -0.39 is 0 Å². The first kappa shape index (κ1) is 16.0. The van der Waals surface area contributed by atoms with Crippen LogP contribution in [0, 0.1) is 5.92 Å². The fourth-order valence-corrected chi connectivity index (χ4v) is 2.37. The van der Waals surface area contributed by atoms with E-state index in [1.165, 1.54) is 24.9 Å². The maximum absolute atomic E-state index is 9.28. The van der Waals surface area contributed by atoms with E-state index in [0.717, 1.165) is 18.9 Å². The van der Waals surface area contributed by atoms with Crippen molar-refractivity contribution in [2.24, 2.45) is 5.92 Å². The summed E-state index contributed by atoms with van der Waals surface area (Å²) in [5.41, 5.74) is 1.31. The Hall–Kier alpha value is -1.02. The van der Waals surface area contributed by atoms with Gasteiger partial charge in [0.05, 0.1) is 0 Å². The molecule has 0 amide bonds. The van der Waals surface area contributed by atoms with Crippen molar-refractivity contribution in [3.8, 4) is 5.75 Å². The molecule has 0 aromatic heterocycles. The summed E-state index contributed by atoms with van der Waals surface area (Å²) in [7, 11) is 0. The average molecular weight is 263 g/mol. The van der Waals surface area contributed by atoms with Crippen LogP contribution in [0.5, 0.6) is 5.75 Å². The second-order valence-corrected chi connectivity index (χ2v) is 5.66. The Morgan fingerprint density at radius 1 is 1.11 bits per heavy atom. The first-order valence-corrected chi connectivity index (χ1v) is 7.58. The molecule has 0 radical (unpaired) electrons. The molecular formula is C17H29NO. The Morgan fingerprint density at radius 3 is 2.26 bits per heavy atom. The maximum Gasteiger partial charge on any atom is 0.115 e. The zero-order chi connectivity index (χ0) is 14.3. The van der Waals surface area contributed by atoms with Crippen LogP contribution in [0.1, 0.15) is 46.1 Å². The summed E-state index contributed by atoms with van der Waals surface area (Å²) in [6, 6.07) is 8.21. The van der Waals surface area contributed by atoms with Gasteiger partial charge in [0.25, 0.3) is 0 Å². The largest absolute Gasteiger partial charge is 0.508 e. The van der Waals surface area contributed by atoms with Gasteiger partial charge in [-0.1, -0.05) is 39.3 Å². The SMILES string of the molecule is CCC(C)CN(CC)C(C)CCc1ccc(O)cc1. The van der Waals surface area contributed by atoms with E-state index in [0.29, 0.717) is 11.8 Å². The van der Waals surface area contributed by atoms with Crippen molar-refractivity contribution in [3.63, 3.8) is 0 Å². The minimum atomic E-state index is 0.351. The summed E-state index contributed by atoms with van der Waals surface area (Å²) < 4.78 is 0. The third kappa shape index (κ3) is 5.65. The number of hydrogen-bond acceptors (Lipinski definition) is 2. The molecule has 2 unspecified atom stereocenters. The van der Waals surface area contributed by atoms with Crippen molar-refractivity contribution in [1.82, 2.24) is 4.90 Å². The standard InChI is InChI=1S/C17H29NO/c1-5-14(3)13-18(6-2)15(4)7-8-16-9-11-17(19)12-10-16/h9-12,14-15,19H,5-8,13H2,1-4H3. The molecule has 1 rings (SSSR count). The van der Waals surface area contributed by atoms with Gasteiger partial charge in [0.2, 0.25) is 0 Å². The molecule has 2 nitrogen and oxygen atoms in total. The van der Waals surface area contributed by atoms with E-state index in [9.17, 15) is 5.11 Å². The number of hydrogen-bond donors (Lipinski definition) is 1. The highest BCUT2D eigenvalue weighted by Gasteiger charge is 2.14. The topological polar surface area (TPSA) is 23.5 Å². The predicted molar refractivity (Wildman–Crippen MR) is 82.6 cm³/mol. The molecule has 0 aliphatic rings. The van der Waals surface area contributed by atoms with E-state index in [2.05, 4.69) is 32.6 Å². The minimum Gasteiger partial charge on any atom is -0.508 e. The van der Waals surface area contributed by atoms with Gasteiger partial charge in [-0.3, -0.25) is 0 Å². The highest BCUT2D eigenvalue weighted by molar-refractivity contribution is 5.25. The molecule has 0 heterocycles. The van der Waals surface area contributed by atoms with Gasteiger partial charge in [-0.2, -0.15) is 0 Å². The van der Waals surface area contributed by atoms with Crippen LogP contribution in [0.2, 0.25) is 0 Å². The number of nitrogens with zero attached hydrogens (tertiary/aromatic N) is 1. The van der Waals surface area contributed by atoms with Crippen LogP contribution in [0.15, 0.2) is 24.3 Å². The number of phenolic OH excluding ortho intramolecular Hbond substituents is 1. The van der Waals surface area contributed by atoms with Crippen LogP contribution < -0.4 is 0 Å². The van der Waals surface area contributed by atoms with E-state index in [4.69, 9.17) is 0 Å². The molecule has 0 saturated carbocycles. The van der Waals surface area contributed by atoms with Crippen molar-refractivity contribution in [1.29, 1.82) is 0 Å². The second kappa shape index (κ2) is 8.21. The lowest BCUT2D eigenvalue weighted by molar-refractivity contribution is 0.181. The monoisotopic (exact) mass is 263 g/mol. The molecule has 0 aliphatic carbocycles. The van der Waals surface area contributed by atoms with E-state index in [1.807, 2.05) is 12.1 Å². The molecule has 0 fully saturated rings. The van der Waals surface area contributed by atoms with Gasteiger partial charge in [-0.25, -0.2) is 0 Å². The smallest absolute Gasteiger partial charge is 0.115 e. The summed E-state index contributed by atoms with van der Waals surface area (Å²) in [5, 5.41) is 9.28. The predicted octanol–water partition coefficient (Wildman–Crippen LogP) is 4.08. The number of phenols is 1. The Balaban J connectivity index is 2.43. The summed E-state index contributed by atoms with van der Waals surface area (Å²) in [6.45, 7) is 11.5. The van der Waals surface area contributed by atoms with Crippen LogP contribution in [-0.4, -0.2) is 29.1 Å². The van der Waals surface area contributed by atoms with Crippen LogP contribution in [0.3, 0.4) is 0 Å². The van der Waals surface area contributed by atoms with Crippen LogP contribution >= 0.6 is 0 Å². The van der Waals surface area contributed by atoms with Crippen LogP contribution in [-0.2, 0) is 6.42 Å². The average Bonchev–Trinajstić information content (AvgIpc) is 2.43. The molecular weight excluding hydrogens is 234 g/mol. The molecule has 19 heavy (non-hydrogen) atoms. The second-order valence-electron chi connectivity index (χ2n) is 5.66. The van der Waals surface area contributed by atoms with Gasteiger partial charge in [0.1, 0.15) is 5.75 Å². The van der Waals surface area contributed by atoms with Gasteiger partial charge >= 0.3 is 0 Å². The van der Waals surface area contributed by atoms with Crippen molar-refractivity contribution < 1.29 is 5.11 Å². The zero-order valence-corrected chi connectivity index (χ0v) is 12.9. The first-order valence-electron chi connectivity index (χ1n) is 7.58. The highest BCUT2D eigenvalue weighted by Crippen LogP contribution is 2.15. The molecule has 108 valence electrons. The fourth-order valence-electron chi connectivity index (χ4n) is 2.37. The highest BCUT2D eigenvalue weighted by atomic mass is 16.3. The lowest BCUT2D eigenvalue weighted by Gasteiger charge is -2.30. The van der Waals surface area contributed by atoms with E-state index in [1.54, 1.807) is 12.1 Å². The lowest BCUT2D eigenvalue weighted by Crippen LogP contribution is -2.36. The number of aryl methyl sites for hydroxylation is 1. The zero-order valence-electron chi connectivity index (χ0n) is 12.9. The molecule has 0 saturated heterocycles. The van der Waals surface area contributed by atoms with E-state index >= 15 is 0 Å². The van der Waals surface area contributed by atoms with Gasteiger partial charge < -0.3 is 10.0 Å².